The van der Waals surface area contributed by atoms with Crippen molar-refractivity contribution in [3.8, 4) is 22.6 Å². The fraction of sp³-hybridized carbons (Fsp3) is 0.370. The first-order chi connectivity index (χ1) is 15.6. The first kappa shape index (κ1) is 20.8. The minimum absolute atomic E-state index is 0.131. The predicted octanol–water partition coefficient (Wildman–Crippen LogP) is 4.83. The number of fused-ring (bicyclic) bond motifs is 3. The number of likely N-dealkylation sites (N-methyl/N-ethyl adjacent to an activating group) is 1. The second kappa shape index (κ2) is 8.47. The number of hydrogen-bond acceptors (Lipinski definition) is 4. The quantitative estimate of drug-likeness (QED) is 0.594. The molecule has 0 saturated carbocycles. The van der Waals surface area contributed by atoms with Crippen LogP contribution in [0.1, 0.15) is 29.6 Å². The minimum Gasteiger partial charge on any atom is -0.497 e. The van der Waals surface area contributed by atoms with Gasteiger partial charge in [0.05, 0.1) is 14.2 Å². The Morgan fingerprint density at radius 1 is 0.875 bits per heavy atom. The monoisotopic (exact) mass is 430 g/mol. The molecule has 0 aliphatic carbocycles. The number of carbonyl (C=O) groups is 1. The second-order valence-electron chi connectivity index (χ2n) is 8.86. The van der Waals surface area contributed by atoms with Gasteiger partial charge in [-0.3, -0.25) is 9.69 Å². The van der Waals surface area contributed by atoms with Crippen molar-refractivity contribution in [3.63, 3.8) is 0 Å². The summed E-state index contributed by atoms with van der Waals surface area (Å²) in [5.74, 6) is 1.68. The molecule has 3 aromatic rings. The van der Waals surface area contributed by atoms with Crippen molar-refractivity contribution in [2.75, 3.05) is 34.4 Å². The maximum atomic E-state index is 13.7. The molecule has 5 heteroatoms. The van der Waals surface area contributed by atoms with Crippen LogP contribution in [0.3, 0.4) is 0 Å². The lowest BCUT2D eigenvalue weighted by Crippen LogP contribution is -2.39. The van der Waals surface area contributed by atoms with E-state index >= 15 is 0 Å². The van der Waals surface area contributed by atoms with Crippen LogP contribution in [0.2, 0.25) is 0 Å². The number of nitrogens with zero attached hydrogens (tertiary/aromatic N) is 2. The summed E-state index contributed by atoms with van der Waals surface area (Å²) in [5, 5.41) is 2.01. The average Bonchev–Trinajstić information content (AvgIpc) is 3.08. The highest BCUT2D eigenvalue weighted by Gasteiger charge is 2.36. The van der Waals surface area contributed by atoms with Gasteiger partial charge in [-0.2, -0.15) is 0 Å². The number of methoxy groups -OCH3 is 2. The van der Waals surface area contributed by atoms with Crippen molar-refractivity contribution < 1.29 is 14.3 Å². The summed E-state index contributed by atoms with van der Waals surface area (Å²) in [6.45, 7) is 1.63. The Morgan fingerprint density at radius 3 is 2.44 bits per heavy atom. The maximum Gasteiger partial charge on any atom is 0.254 e. The fourth-order valence-electron chi connectivity index (χ4n) is 5.41. The molecular formula is C27H30N2O3. The smallest absolute Gasteiger partial charge is 0.254 e. The zero-order chi connectivity index (χ0) is 22.2. The van der Waals surface area contributed by atoms with Crippen molar-refractivity contribution in [3.05, 3.63) is 60.2 Å². The largest absolute Gasteiger partial charge is 0.497 e. The van der Waals surface area contributed by atoms with Gasteiger partial charge in [0.15, 0.2) is 0 Å². The molecule has 32 heavy (non-hydrogen) atoms. The number of benzene rings is 3. The van der Waals surface area contributed by atoms with E-state index in [1.807, 2.05) is 42.5 Å². The minimum atomic E-state index is 0.131. The Labute approximate surface area is 189 Å². The van der Waals surface area contributed by atoms with Gasteiger partial charge in [-0.15, -0.1) is 0 Å². The molecule has 1 amide bonds. The van der Waals surface area contributed by atoms with Crippen LogP contribution in [0.25, 0.3) is 21.9 Å². The van der Waals surface area contributed by atoms with Crippen LogP contribution in [0.5, 0.6) is 11.5 Å². The van der Waals surface area contributed by atoms with Gasteiger partial charge in [0.1, 0.15) is 11.5 Å². The van der Waals surface area contributed by atoms with Gasteiger partial charge in [0, 0.05) is 36.3 Å². The third-order valence-electron chi connectivity index (χ3n) is 7.29. The van der Waals surface area contributed by atoms with Gasteiger partial charge >= 0.3 is 0 Å². The van der Waals surface area contributed by atoms with Gasteiger partial charge < -0.3 is 14.4 Å². The molecule has 2 heterocycles. The molecule has 2 atom stereocenters. The first-order valence-electron chi connectivity index (χ1n) is 11.4. The Bertz CT molecular complexity index is 1160. The van der Waals surface area contributed by atoms with E-state index in [2.05, 4.69) is 29.0 Å². The molecule has 5 rings (SSSR count). The lowest BCUT2D eigenvalue weighted by atomic mass is 9.93. The second-order valence-corrected chi connectivity index (χ2v) is 8.86. The lowest BCUT2D eigenvalue weighted by Gasteiger charge is -2.26. The summed E-state index contributed by atoms with van der Waals surface area (Å²) in [5.41, 5.74) is 2.75. The molecule has 0 radical (unpaired) electrons. The van der Waals surface area contributed by atoms with Gasteiger partial charge in [-0.25, -0.2) is 0 Å². The topological polar surface area (TPSA) is 42.0 Å². The highest BCUT2D eigenvalue weighted by atomic mass is 16.5. The Balaban J connectivity index is 1.57. The van der Waals surface area contributed by atoms with Crippen LogP contribution in [0, 0.1) is 0 Å². The van der Waals surface area contributed by atoms with Gasteiger partial charge in [0.2, 0.25) is 0 Å². The van der Waals surface area contributed by atoms with Crippen LogP contribution >= 0.6 is 0 Å². The number of rotatable bonds is 4. The summed E-state index contributed by atoms with van der Waals surface area (Å²) in [6.07, 6.45) is 3.49. The fourth-order valence-corrected chi connectivity index (χ4v) is 5.41. The lowest BCUT2D eigenvalue weighted by molar-refractivity contribution is 0.0742. The number of ether oxygens (including phenoxy) is 2. The Kier molecular flexibility index (Phi) is 5.51. The predicted molar refractivity (Wildman–Crippen MR) is 128 cm³/mol. The summed E-state index contributed by atoms with van der Waals surface area (Å²) in [4.78, 5) is 18.2. The van der Waals surface area contributed by atoms with Crippen LogP contribution in [-0.4, -0.2) is 62.1 Å². The van der Waals surface area contributed by atoms with Crippen LogP contribution < -0.4 is 9.47 Å². The van der Waals surface area contributed by atoms with Crippen molar-refractivity contribution in [1.82, 2.24) is 9.80 Å². The van der Waals surface area contributed by atoms with Crippen LogP contribution in [-0.2, 0) is 0 Å². The standard InChI is InChI=1S/C27H30N2O3/c1-28-18-8-9-19(28)17-29(15-14-18)27(30)24-12-11-23(21-6-4-5-7-22(21)24)25-16-20(31-2)10-13-26(25)32-3/h4-7,10-13,16,18-19H,8-9,14-15,17H2,1-3H3/t18-,19+/m1/s1. The number of carbonyl (C=O) groups excluding carboxylic acids is 1. The molecule has 0 unspecified atom stereocenters. The van der Waals surface area contributed by atoms with Crippen molar-refractivity contribution >= 4 is 16.7 Å². The normalized spacial score (nSPS) is 20.9. The molecular weight excluding hydrogens is 400 g/mol. The molecule has 2 aliphatic heterocycles. The summed E-state index contributed by atoms with van der Waals surface area (Å²) in [6, 6.07) is 19.1. The first-order valence-corrected chi connectivity index (χ1v) is 11.4. The number of amides is 1. The highest BCUT2D eigenvalue weighted by molar-refractivity contribution is 6.11. The molecule has 5 nitrogen and oxygen atoms in total. The van der Waals surface area contributed by atoms with Gasteiger partial charge in [0.25, 0.3) is 5.91 Å². The van der Waals surface area contributed by atoms with E-state index in [0.29, 0.717) is 12.1 Å². The van der Waals surface area contributed by atoms with E-state index in [1.54, 1.807) is 14.2 Å². The molecule has 166 valence electrons. The molecule has 2 saturated heterocycles. The van der Waals surface area contributed by atoms with E-state index in [4.69, 9.17) is 9.47 Å². The Morgan fingerprint density at radius 2 is 1.66 bits per heavy atom. The third kappa shape index (κ3) is 3.51. The van der Waals surface area contributed by atoms with E-state index < -0.39 is 0 Å². The SMILES string of the molecule is COc1ccc(OC)c(-c2ccc(C(=O)N3CC[C@H]4CC[C@@H](C3)N4C)c3ccccc23)c1. The van der Waals surface area contributed by atoms with E-state index in [9.17, 15) is 4.79 Å². The van der Waals surface area contributed by atoms with Crippen LogP contribution in [0.15, 0.2) is 54.6 Å². The summed E-state index contributed by atoms with van der Waals surface area (Å²) < 4.78 is 11.1. The highest BCUT2D eigenvalue weighted by Crippen LogP contribution is 2.39. The molecule has 0 N–H and O–H groups in total. The zero-order valence-electron chi connectivity index (χ0n) is 19.0. The van der Waals surface area contributed by atoms with Crippen molar-refractivity contribution in [1.29, 1.82) is 0 Å². The van der Waals surface area contributed by atoms with Crippen LogP contribution in [0.4, 0.5) is 0 Å². The van der Waals surface area contributed by atoms with Gasteiger partial charge in [-0.05, 0) is 66.9 Å². The van der Waals surface area contributed by atoms with Crippen molar-refractivity contribution in [2.45, 2.75) is 31.3 Å². The molecule has 2 fully saturated rings. The maximum absolute atomic E-state index is 13.7. The molecule has 2 bridgehead atoms. The van der Waals surface area contributed by atoms with E-state index in [-0.39, 0.29) is 5.91 Å². The molecule has 2 aliphatic rings. The van der Waals surface area contributed by atoms with E-state index in [1.165, 1.54) is 12.8 Å². The summed E-state index contributed by atoms with van der Waals surface area (Å²) in [7, 11) is 5.55. The number of likely N-dealkylation sites (tertiary alicyclic amines) is 1. The van der Waals surface area contributed by atoms with Crippen molar-refractivity contribution in [2.24, 2.45) is 0 Å². The zero-order valence-corrected chi connectivity index (χ0v) is 19.0. The molecule has 0 spiro atoms. The Hall–Kier alpha value is -3.05. The average molecular weight is 431 g/mol. The van der Waals surface area contributed by atoms with Gasteiger partial charge in [-0.1, -0.05) is 30.3 Å². The third-order valence-corrected chi connectivity index (χ3v) is 7.29. The number of hydrogen-bond donors (Lipinski definition) is 0. The molecule has 3 aromatic carbocycles. The van der Waals surface area contributed by atoms with E-state index in [0.717, 1.165) is 58.5 Å². The molecule has 0 aromatic heterocycles. The summed E-state index contributed by atoms with van der Waals surface area (Å²) >= 11 is 0.